The van der Waals surface area contributed by atoms with Gasteiger partial charge in [-0.15, -0.1) is 0 Å². The average molecular weight is 335 g/mol. The fourth-order valence-electron chi connectivity index (χ4n) is 3.65. The molecular formula is C21H25N3O. The smallest absolute Gasteiger partial charge is 0.140 e. The van der Waals surface area contributed by atoms with Crippen LogP contribution in [0.25, 0.3) is 11.0 Å². The summed E-state index contributed by atoms with van der Waals surface area (Å²) in [5.41, 5.74) is 4.81. The molecule has 0 amide bonds. The van der Waals surface area contributed by atoms with E-state index in [-0.39, 0.29) is 12.2 Å². The van der Waals surface area contributed by atoms with Gasteiger partial charge in [0.1, 0.15) is 5.65 Å². The predicted molar refractivity (Wildman–Crippen MR) is 102 cm³/mol. The molecule has 2 atom stereocenters. The molecule has 0 N–H and O–H groups in total. The van der Waals surface area contributed by atoms with Crippen LogP contribution in [0.15, 0.2) is 48.8 Å². The molecule has 25 heavy (non-hydrogen) atoms. The third kappa shape index (κ3) is 3.40. The molecule has 4 heteroatoms. The molecule has 2 unspecified atom stereocenters. The number of fused-ring (bicyclic) bond motifs is 1. The Kier molecular flexibility index (Phi) is 4.22. The summed E-state index contributed by atoms with van der Waals surface area (Å²) >= 11 is 0. The summed E-state index contributed by atoms with van der Waals surface area (Å²) in [5.74, 6) is 0. The molecule has 0 radical (unpaired) electrons. The van der Waals surface area contributed by atoms with Gasteiger partial charge in [0.05, 0.1) is 24.1 Å². The van der Waals surface area contributed by atoms with E-state index >= 15 is 0 Å². The maximum absolute atomic E-state index is 5.84. The normalized spacial score (nSPS) is 21.0. The number of hydrogen-bond acceptors (Lipinski definition) is 3. The standard InChI is InChI=1S/C21H25N3O/c1-15-4-6-18(7-5-15)14-23-9-8-19-10-20(11-22-21(19)23)24-12-16(2)25-17(3)13-24/h4-11,16-17H,12-14H2,1-3H3. The monoisotopic (exact) mass is 335 g/mol. The van der Waals surface area contributed by atoms with E-state index in [0.717, 1.165) is 25.3 Å². The lowest BCUT2D eigenvalue weighted by molar-refractivity contribution is -0.00522. The third-order valence-corrected chi connectivity index (χ3v) is 4.85. The summed E-state index contributed by atoms with van der Waals surface area (Å²) in [4.78, 5) is 7.14. The van der Waals surface area contributed by atoms with Crippen molar-refractivity contribution in [1.29, 1.82) is 0 Å². The van der Waals surface area contributed by atoms with Gasteiger partial charge >= 0.3 is 0 Å². The number of nitrogens with zero attached hydrogens (tertiary/aromatic N) is 3. The first-order valence-corrected chi connectivity index (χ1v) is 8.99. The summed E-state index contributed by atoms with van der Waals surface area (Å²) in [6.07, 6.45) is 4.64. The van der Waals surface area contributed by atoms with Crippen LogP contribution in [0, 0.1) is 6.92 Å². The highest BCUT2D eigenvalue weighted by atomic mass is 16.5. The van der Waals surface area contributed by atoms with Gasteiger partial charge in [-0.3, -0.25) is 0 Å². The number of morpholine rings is 1. The second-order valence-corrected chi connectivity index (χ2v) is 7.20. The number of rotatable bonds is 3. The van der Waals surface area contributed by atoms with Gasteiger partial charge in [-0.25, -0.2) is 4.98 Å². The molecule has 3 heterocycles. The average Bonchev–Trinajstić information content (AvgIpc) is 2.98. The summed E-state index contributed by atoms with van der Waals surface area (Å²) in [6, 6.07) is 13.1. The Bertz CT molecular complexity index is 858. The third-order valence-electron chi connectivity index (χ3n) is 4.85. The summed E-state index contributed by atoms with van der Waals surface area (Å²) < 4.78 is 8.05. The summed E-state index contributed by atoms with van der Waals surface area (Å²) in [5, 5.41) is 1.19. The van der Waals surface area contributed by atoms with E-state index in [1.54, 1.807) is 0 Å². The molecule has 3 aromatic rings. The van der Waals surface area contributed by atoms with E-state index in [9.17, 15) is 0 Å². The van der Waals surface area contributed by atoms with Crippen LogP contribution < -0.4 is 4.90 Å². The zero-order valence-corrected chi connectivity index (χ0v) is 15.1. The Morgan fingerprint density at radius 2 is 1.80 bits per heavy atom. The van der Waals surface area contributed by atoms with Gasteiger partial charge in [0.15, 0.2) is 0 Å². The Hall–Kier alpha value is -2.33. The maximum Gasteiger partial charge on any atom is 0.140 e. The number of benzene rings is 1. The van der Waals surface area contributed by atoms with Crippen molar-refractivity contribution in [3.05, 3.63) is 59.9 Å². The van der Waals surface area contributed by atoms with Gasteiger partial charge in [0.25, 0.3) is 0 Å². The van der Waals surface area contributed by atoms with Gasteiger partial charge in [-0.1, -0.05) is 29.8 Å². The first-order valence-electron chi connectivity index (χ1n) is 8.99. The van der Waals surface area contributed by atoms with E-state index in [1.807, 2.05) is 6.20 Å². The van der Waals surface area contributed by atoms with Crippen LogP contribution in [0.1, 0.15) is 25.0 Å². The molecule has 1 aliphatic heterocycles. The van der Waals surface area contributed by atoms with Gasteiger partial charge < -0.3 is 14.2 Å². The van der Waals surface area contributed by atoms with E-state index in [4.69, 9.17) is 9.72 Å². The van der Waals surface area contributed by atoms with Crippen molar-refractivity contribution in [3.63, 3.8) is 0 Å². The Morgan fingerprint density at radius 3 is 2.52 bits per heavy atom. The van der Waals surface area contributed by atoms with Crippen LogP contribution in [-0.4, -0.2) is 34.8 Å². The van der Waals surface area contributed by atoms with E-state index in [2.05, 4.69) is 72.8 Å². The van der Waals surface area contributed by atoms with Crippen LogP contribution in [0.5, 0.6) is 0 Å². The van der Waals surface area contributed by atoms with Crippen LogP contribution in [-0.2, 0) is 11.3 Å². The zero-order valence-electron chi connectivity index (χ0n) is 15.1. The number of aryl methyl sites for hydroxylation is 1. The molecule has 1 saturated heterocycles. The van der Waals surface area contributed by atoms with Gasteiger partial charge in [-0.2, -0.15) is 0 Å². The number of pyridine rings is 1. The minimum Gasteiger partial charge on any atom is -0.372 e. The van der Waals surface area contributed by atoms with Crippen molar-refractivity contribution in [1.82, 2.24) is 9.55 Å². The molecule has 1 fully saturated rings. The summed E-state index contributed by atoms with van der Waals surface area (Å²) in [7, 11) is 0. The number of anilines is 1. The van der Waals surface area contributed by atoms with E-state index in [0.29, 0.717) is 0 Å². The molecule has 1 aromatic carbocycles. The highest BCUT2D eigenvalue weighted by Crippen LogP contribution is 2.24. The van der Waals surface area contributed by atoms with Crippen molar-refractivity contribution in [2.24, 2.45) is 0 Å². The first kappa shape index (κ1) is 16.2. The van der Waals surface area contributed by atoms with Gasteiger partial charge in [-0.05, 0) is 38.5 Å². The quantitative estimate of drug-likeness (QED) is 0.724. The lowest BCUT2D eigenvalue weighted by Gasteiger charge is -2.36. The summed E-state index contributed by atoms with van der Waals surface area (Å²) in [6.45, 7) is 9.07. The molecule has 0 spiro atoms. The van der Waals surface area contributed by atoms with Crippen molar-refractivity contribution in [2.75, 3.05) is 18.0 Å². The highest BCUT2D eigenvalue weighted by Gasteiger charge is 2.22. The molecule has 1 aliphatic rings. The largest absolute Gasteiger partial charge is 0.372 e. The van der Waals surface area contributed by atoms with Crippen molar-refractivity contribution in [3.8, 4) is 0 Å². The zero-order chi connectivity index (χ0) is 17.4. The number of ether oxygens (including phenoxy) is 1. The topological polar surface area (TPSA) is 30.3 Å². The maximum atomic E-state index is 5.84. The molecule has 4 nitrogen and oxygen atoms in total. The molecular weight excluding hydrogens is 310 g/mol. The van der Waals surface area contributed by atoms with Crippen molar-refractivity contribution in [2.45, 2.75) is 39.5 Å². The Balaban J connectivity index is 1.59. The lowest BCUT2D eigenvalue weighted by Crippen LogP contribution is -2.45. The van der Waals surface area contributed by atoms with Crippen LogP contribution >= 0.6 is 0 Å². The number of hydrogen-bond donors (Lipinski definition) is 0. The molecule has 0 saturated carbocycles. The lowest BCUT2D eigenvalue weighted by atomic mass is 10.1. The SMILES string of the molecule is Cc1ccc(Cn2ccc3cc(N4CC(C)OC(C)C4)cnc32)cc1. The molecule has 0 aliphatic carbocycles. The molecule has 130 valence electrons. The Morgan fingerprint density at radius 1 is 1.08 bits per heavy atom. The van der Waals surface area contributed by atoms with Crippen LogP contribution in [0.4, 0.5) is 5.69 Å². The molecule has 4 rings (SSSR count). The highest BCUT2D eigenvalue weighted by molar-refractivity contribution is 5.80. The fraction of sp³-hybridized carbons (Fsp3) is 0.381. The van der Waals surface area contributed by atoms with Gasteiger partial charge in [0.2, 0.25) is 0 Å². The second kappa shape index (κ2) is 6.52. The minimum atomic E-state index is 0.255. The predicted octanol–water partition coefficient (Wildman–Crippen LogP) is 4.01. The second-order valence-electron chi connectivity index (χ2n) is 7.20. The van der Waals surface area contributed by atoms with E-state index in [1.165, 1.54) is 22.2 Å². The fourth-order valence-corrected chi connectivity index (χ4v) is 3.65. The molecule has 0 bridgehead atoms. The van der Waals surface area contributed by atoms with Crippen LogP contribution in [0.2, 0.25) is 0 Å². The molecule has 2 aromatic heterocycles. The van der Waals surface area contributed by atoms with E-state index < -0.39 is 0 Å². The van der Waals surface area contributed by atoms with Gasteiger partial charge in [0, 0.05) is 31.2 Å². The first-order chi connectivity index (χ1) is 12.1. The van der Waals surface area contributed by atoms with Crippen molar-refractivity contribution < 1.29 is 4.74 Å². The minimum absolute atomic E-state index is 0.255. The number of aromatic nitrogens is 2. The van der Waals surface area contributed by atoms with Crippen molar-refractivity contribution >= 4 is 16.7 Å². The van der Waals surface area contributed by atoms with Crippen LogP contribution in [0.3, 0.4) is 0 Å². The Labute approximate surface area is 149 Å².